The molecule has 1 atom stereocenters. The van der Waals surface area contributed by atoms with Gasteiger partial charge in [-0.3, -0.25) is 13.7 Å². The Morgan fingerprint density at radius 2 is 1.39 bits per heavy atom. The lowest BCUT2D eigenvalue weighted by atomic mass is 10.1. The summed E-state index contributed by atoms with van der Waals surface area (Å²) >= 11 is 9.38. The van der Waals surface area contributed by atoms with Crippen molar-refractivity contribution in [2.45, 2.75) is 19.6 Å². The lowest BCUT2D eigenvalue weighted by Crippen LogP contribution is -2.01. The van der Waals surface area contributed by atoms with Crippen LogP contribution in [-0.4, -0.2) is 65.3 Å². The van der Waals surface area contributed by atoms with Crippen LogP contribution in [0.4, 0.5) is 40.1 Å². The van der Waals surface area contributed by atoms with E-state index in [9.17, 15) is 35.3 Å². The molecular weight excluding hydrogens is 914 g/mol. The third-order valence-corrected chi connectivity index (χ3v) is 10.3. The molecule has 57 heavy (non-hydrogen) atoms. The molecule has 0 radical (unpaired) electrons. The maximum atomic E-state index is 12.6. The minimum absolute atomic E-state index is 0.0534. The number of aromatic nitrogens is 3. The van der Waals surface area contributed by atoms with Crippen LogP contribution in [0.1, 0.15) is 0 Å². The Kier molecular flexibility index (Phi) is 14.1. The number of phenols is 1. The lowest BCUT2D eigenvalue weighted by Gasteiger charge is -2.14. The molecule has 1 aromatic heterocycles. The van der Waals surface area contributed by atoms with Gasteiger partial charge in [-0.25, -0.2) is 10.5 Å². The quantitative estimate of drug-likeness (QED) is 0.00933. The third-order valence-electron chi connectivity index (χ3n) is 6.59. The fraction of sp³-hybridized carbons (Fsp3) is 0. The van der Waals surface area contributed by atoms with E-state index in [1.165, 1.54) is 18.2 Å². The van der Waals surface area contributed by atoms with Crippen molar-refractivity contribution in [3.63, 3.8) is 0 Å². The smallest absolute Gasteiger partial charge is 0.357 e. The summed E-state index contributed by atoms with van der Waals surface area (Å²) in [6.07, 6.45) is 0. The standard InChI is InChI=1S/C25H17Cl2N9O16S5/c26-23-30-24(27)32-25(31-23)29-10-1-3-14(53-51-49-38)12(7-10)33-36-21-17(57(45,46)47)6-9-5-15(54-52-50-39)20(19(28)18(9)22(21)37)35-34-13-8-11(48-55(40)41)2-4-16(13)56(42,43)44/h1-8,37-39H,28H2,(H,40,41)(H,42,43,44)(H,45,46,47)(H,29,30,31,32). The van der Waals surface area contributed by atoms with Gasteiger partial charge in [0, 0.05) is 11.8 Å². The number of fused-ring (bicyclic) bond motifs is 1. The van der Waals surface area contributed by atoms with Crippen molar-refractivity contribution in [2.24, 2.45) is 20.5 Å². The molecule has 32 heteroatoms. The van der Waals surface area contributed by atoms with Crippen molar-refractivity contribution < 1.29 is 73.3 Å². The second-order valence-electron chi connectivity index (χ2n) is 10.0. The van der Waals surface area contributed by atoms with Gasteiger partial charge < -0.3 is 20.3 Å². The first-order valence-electron chi connectivity index (χ1n) is 14.0. The van der Waals surface area contributed by atoms with E-state index in [0.29, 0.717) is 12.0 Å². The highest BCUT2D eigenvalue weighted by Crippen LogP contribution is 2.50. The number of halogens is 2. The number of aromatic hydroxyl groups is 1. The molecule has 0 aliphatic carbocycles. The Hall–Kier alpha value is -4.48. The zero-order valence-corrected chi connectivity index (χ0v) is 32.5. The van der Waals surface area contributed by atoms with E-state index >= 15 is 0 Å². The molecule has 9 N–H and O–H groups in total. The molecule has 1 unspecified atom stereocenters. The molecule has 0 amide bonds. The van der Waals surface area contributed by atoms with Crippen molar-refractivity contribution in [1.29, 1.82) is 0 Å². The van der Waals surface area contributed by atoms with Crippen LogP contribution in [0.15, 0.2) is 88.6 Å². The number of azo groups is 2. The van der Waals surface area contributed by atoms with Crippen LogP contribution in [0, 0.1) is 0 Å². The van der Waals surface area contributed by atoms with E-state index in [1.54, 1.807) is 0 Å². The molecule has 25 nitrogen and oxygen atoms in total. The number of nitrogens with zero attached hydrogens (tertiary/aromatic N) is 7. The molecule has 0 spiro atoms. The molecule has 0 saturated carbocycles. The number of nitrogen functional groups attached to an aromatic ring is 1. The van der Waals surface area contributed by atoms with Crippen molar-refractivity contribution in [2.75, 3.05) is 11.1 Å². The molecule has 5 aromatic rings. The van der Waals surface area contributed by atoms with Gasteiger partial charge in [0.05, 0.1) is 45.0 Å². The van der Waals surface area contributed by atoms with Crippen molar-refractivity contribution >= 4 is 130 Å². The SMILES string of the molecule is Nc1c(N=Nc2cc(OS(=O)O)ccc2S(=O)(=O)O)c(SOOO)cc2cc(S(=O)(=O)O)c(N=Nc3cc(Nc4nc(Cl)nc(Cl)n4)ccc3SOOO)c(O)c12. The normalized spacial score (nSPS) is 12.8. The van der Waals surface area contributed by atoms with Crippen LogP contribution in [0.2, 0.25) is 10.6 Å². The van der Waals surface area contributed by atoms with Gasteiger partial charge in [0.15, 0.2) is 5.75 Å². The summed E-state index contributed by atoms with van der Waals surface area (Å²) in [6, 6.07) is 8.38. The van der Waals surface area contributed by atoms with Crippen molar-refractivity contribution in [3.05, 3.63) is 59.1 Å². The fourth-order valence-electron chi connectivity index (χ4n) is 4.46. The lowest BCUT2D eigenvalue weighted by molar-refractivity contribution is -0.432. The molecule has 0 fully saturated rings. The summed E-state index contributed by atoms with van der Waals surface area (Å²) < 4.78 is 103. The van der Waals surface area contributed by atoms with Gasteiger partial charge in [-0.1, -0.05) is 10.1 Å². The predicted molar refractivity (Wildman–Crippen MR) is 197 cm³/mol. The number of hydrogen-bond donors (Lipinski definition) is 8. The van der Waals surface area contributed by atoms with Gasteiger partial charge in [0.2, 0.25) is 16.5 Å². The van der Waals surface area contributed by atoms with Crippen LogP contribution in [0.3, 0.4) is 0 Å². The molecule has 0 bridgehead atoms. The molecule has 0 aliphatic heterocycles. The number of nitrogens with one attached hydrogen (secondary N) is 1. The Bertz CT molecular complexity index is 2660. The Labute approximate surface area is 338 Å². The van der Waals surface area contributed by atoms with E-state index < -0.39 is 81.0 Å². The number of benzene rings is 4. The highest BCUT2D eigenvalue weighted by Gasteiger charge is 2.26. The zero-order chi connectivity index (χ0) is 41.7. The van der Waals surface area contributed by atoms with E-state index in [2.05, 4.69) is 63.7 Å². The summed E-state index contributed by atoms with van der Waals surface area (Å²) in [5.74, 6) is -1.56. The number of rotatable bonds is 16. The Balaban J connectivity index is 1.70. The van der Waals surface area contributed by atoms with E-state index in [1.807, 2.05) is 0 Å². The maximum Gasteiger partial charge on any atom is 0.357 e. The van der Waals surface area contributed by atoms with Crippen molar-refractivity contribution in [3.8, 4) is 11.5 Å². The highest BCUT2D eigenvalue weighted by molar-refractivity contribution is 7.95. The number of nitrogens with two attached hydrogens (primary N) is 1. The Morgan fingerprint density at radius 1 is 0.772 bits per heavy atom. The summed E-state index contributed by atoms with van der Waals surface area (Å²) in [6.45, 7) is 0. The zero-order valence-electron chi connectivity index (χ0n) is 26.9. The molecule has 0 aliphatic rings. The predicted octanol–water partition coefficient (Wildman–Crippen LogP) is 7.06. The molecule has 4 aromatic carbocycles. The minimum Gasteiger partial charge on any atom is -0.505 e. The number of hydrogen-bond acceptors (Lipinski definition) is 24. The summed E-state index contributed by atoms with van der Waals surface area (Å²) in [7, 11) is -10.2. The third kappa shape index (κ3) is 10.9. The summed E-state index contributed by atoms with van der Waals surface area (Å²) in [4.78, 5) is 9.27. The molecule has 1 heterocycles. The van der Waals surface area contributed by atoms with Crippen LogP contribution in [-0.2, 0) is 50.3 Å². The average Bonchev–Trinajstić information content (AvgIpc) is 3.11. The van der Waals surface area contributed by atoms with Gasteiger partial charge in [-0.2, -0.15) is 36.0 Å². The van der Waals surface area contributed by atoms with Crippen molar-refractivity contribution in [1.82, 2.24) is 15.0 Å². The molecule has 302 valence electrons. The molecule has 0 saturated heterocycles. The second kappa shape index (κ2) is 18.4. The van der Waals surface area contributed by atoms with Gasteiger partial charge in [0.25, 0.3) is 20.2 Å². The fourth-order valence-corrected chi connectivity index (χ4v) is 7.28. The first-order chi connectivity index (χ1) is 26.9. The van der Waals surface area contributed by atoms with Gasteiger partial charge in [-0.15, -0.1) is 29.1 Å². The van der Waals surface area contributed by atoms with E-state index in [-0.39, 0.29) is 55.1 Å². The van der Waals surface area contributed by atoms with E-state index in [4.69, 9.17) is 44.0 Å². The first kappa shape index (κ1) is 43.6. The monoisotopic (exact) mass is 929 g/mol. The summed E-state index contributed by atoms with van der Waals surface area (Å²) in [5.41, 5.74) is 3.76. The maximum absolute atomic E-state index is 12.6. The van der Waals surface area contributed by atoms with Gasteiger partial charge >= 0.3 is 11.4 Å². The van der Waals surface area contributed by atoms with Crippen LogP contribution < -0.4 is 15.2 Å². The Morgan fingerprint density at radius 3 is 2.00 bits per heavy atom. The molecular formula is C25H17Cl2N9O16S5. The van der Waals surface area contributed by atoms with Gasteiger partial charge in [0.1, 0.15) is 38.3 Å². The number of phenolic OH excluding ortho intramolecular Hbond substituents is 1. The number of anilines is 3. The highest BCUT2D eigenvalue weighted by atomic mass is 35.5. The van der Waals surface area contributed by atoms with Gasteiger partial charge in [-0.05, 0) is 71.1 Å². The topological polar surface area (TPSA) is 379 Å². The molecule has 5 rings (SSSR count). The summed E-state index contributed by atoms with van der Waals surface area (Å²) in [5, 5.41) is 53.3. The first-order valence-corrected chi connectivity index (χ1v) is 20.2. The van der Waals surface area contributed by atoms with E-state index in [0.717, 1.165) is 30.3 Å². The second-order valence-corrected chi connectivity index (χ2v) is 15.6. The largest absolute Gasteiger partial charge is 0.505 e. The van der Waals surface area contributed by atoms with Crippen LogP contribution in [0.25, 0.3) is 10.8 Å². The average molecular weight is 931 g/mol. The minimum atomic E-state index is -5.24. The van der Waals surface area contributed by atoms with Crippen LogP contribution in [0.5, 0.6) is 11.5 Å². The van der Waals surface area contributed by atoms with Crippen LogP contribution >= 0.6 is 47.3 Å².